The first kappa shape index (κ1) is 36.4. The topological polar surface area (TPSA) is 124 Å². The lowest BCUT2D eigenvalue weighted by Gasteiger charge is -2.54. The number of hydrogen-bond acceptors (Lipinski definition) is 10. The van der Waals surface area contributed by atoms with Crippen LogP contribution in [0.2, 0.25) is 0 Å². The third-order valence-electron chi connectivity index (χ3n) is 11.5. The average molecular weight is 729 g/mol. The molecule has 5 aliphatic heterocycles. The molecule has 0 aliphatic carbocycles. The summed E-state index contributed by atoms with van der Waals surface area (Å²) in [4.78, 5) is 28.8. The lowest BCUT2D eigenvalue weighted by atomic mass is 9.72. The highest BCUT2D eigenvalue weighted by atomic mass is 32.2. The molecule has 0 saturated carbocycles. The van der Waals surface area contributed by atoms with Crippen molar-refractivity contribution in [2.45, 2.75) is 71.1 Å². The van der Waals surface area contributed by atoms with Crippen molar-refractivity contribution in [3.05, 3.63) is 42.1 Å². The highest BCUT2D eigenvalue weighted by Gasteiger charge is 2.48. The Hall–Kier alpha value is -2.95. The number of nitrogens with one attached hydrogen (secondary N) is 1. The van der Waals surface area contributed by atoms with E-state index in [1.54, 1.807) is 19.7 Å². The molecule has 1 N–H and O–H groups in total. The Morgan fingerprint density at radius 2 is 1.73 bits per heavy atom. The van der Waals surface area contributed by atoms with E-state index in [-0.39, 0.29) is 40.3 Å². The molecule has 5 fully saturated rings. The van der Waals surface area contributed by atoms with Crippen LogP contribution >= 0.6 is 0 Å². The molecular weight excluding hydrogens is 676 g/mol. The first-order chi connectivity index (χ1) is 24.4. The molecule has 5 aliphatic rings. The van der Waals surface area contributed by atoms with E-state index in [1.165, 1.54) is 24.5 Å². The van der Waals surface area contributed by atoms with Crippen LogP contribution in [0.4, 0.5) is 10.2 Å². The van der Waals surface area contributed by atoms with Crippen molar-refractivity contribution in [2.24, 2.45) is 11.3 Å². The minimum Gasteiger partial charge on any atom is -0.451 e. The molecule has 6 heterocycles. The highest BCUT2D eigenvalue weighted by Crippen LogP contribution is 2.45. The molecule has 5 saturated heterocycles. The average Bonchev–Trinajstić information content (AvgIpc) is 3.08. The van der Waals surface area contributed by atoms with Crippen LogP contribution in [0.3, 0.4) is 0 Å². The zero-order valence-electron chi connectivity index (χ0n) is 30.4. The Morgan fingerprint density at radius 1 is 1.02 bits per heavy atom. The molecule has 0 bridgehead atoms. The number of nitrogens with zero attached hydrogens (tertiary/aromatic N) is 7. The van der Waals surface area contributed by atoms with Gasteiger partial charge in [-0.1, -0.05) is 0 Å². The third-order valence-corrected chi connectivity index (χ3v) is 13.5. The van der Waals surface area contributed by atoms with E-state index in [2.05, 4.69) is 25.1 Å². The van der Waals surface area contributed by atoms with Gasteiger partial charge in [-0.2, -0.15) is 17.0 Å². The van der Waals surface area contributed by atoms with E-state index in [4.69, 9.17) is 9.47 Å². The monoisotopic (exact) mass is 728 g/mol. The normalized spacial score (nSPS) is 23.1. The maximum Gasteiger partial charge on any atom is 0.282 e. The highest BCUT2D eigenvalue weighted by molar-refractivity contribution is 7.86. The number of carbonyl (C=O) groups is 1. The number of piperidine rings is 2. The molecular formula is C36H53FN8O5S. The number of rotatable bonds is 10. The van der Waals surface area contributed by atoms with Gasteiger partial charge in [0.2, 0.25) is 0 Å². The standard InChI is InChI=1S/C36H53FN8O5S/c1-26(2)45(27(3)4)34(46)30-17-29(37)5-6-31(30)50-32-18-38-25-40-33(32)42-22-35(23-42)9-13-41(14-10-35)19-28-7-11-43(12-8-28)51(47,48)44-15-16-49-36(24-44)20-39-21-36/h5-6,17-18,25-28,39H,7-16,19-24H2,1-4H3. The fourth-order valence-electron chi connectivity index (χ4n) is 8.62. The molecule has 1 aromatic carbocycles. The smallest absolute Gasteiger partial charge is 0.282 e. The molecule has 1 amide bonds. The van der Waals surface area contributed by atoms with E-state index in [0.717, 1.165) is 58.4 Å². The van der Waals surface area contributed by atoms with Gasteiger partial charge in [0.05, 0.1) is 18.4 Å². The number of hydrogen-bond donors (Lipinski definition) is 1. The summed E-state index contributed by atoms with van der Waals surface area (Å²) in [6.45, 7) is 16.4. The van der Waals surface area contributed by atoms with Gasteiger partial charge < -0.3 is 29.5 Å². The Kier molecular flexibility index (Phi) is 10.3. The second-order valence-electron chi connectivity index (χ2n) is 15.8. The van der Waals surface area contributed by atoms with Gasteiger partial charge in [0.1, 0.15) is 23.5 Å². The van der Waals surface area contributed by atoms with E-state index < -0.39 is 16.0 Å². The minimum atomic E-state index is -3.48. The predicted molar refractivity (Wildman–Crippen MR) is 192 cm³/mol. The maximum atomic E-state index is 14.4. The minimum absolute atomic E-state index is 0.0665. The molecule has 7 rings (SSSR count). The number of ether oxygens (including phenoxy) is 2. The van der Waals surface area contributed by atoms with E-state index in [9.17, 15) is 17.6 Å². The molecule has 15 heteroatoms. The Bertz CT molecular complexity index is 1660. The van der Waals surface area contributed by atoms with Crippen LogP contribution in [0.1, 0.15) is 63.7 Å². The second-order valence-corrected chi connectivity index (χ2v) is 17.8. The summed E-state index contributed by atoms with van der Waals surface area (Å²) in [7, 11) is -3.48. The van der Waals surface area contributed by atoms with Crippen molar-refractivity contribution in [2.75, 3.05) is 83.5 Å². The zero-order chi connectivity index (χ0) is 36.0. The van der Waals surface area contributed by atoms with Gasteiger partial charge in [-0.15, -0.1) is 0 Å². The van der Waals surface area contributed by atoms with Crippen molar-refractivity contribution < 1.29 is 27.1 Å². The predicted octanol–water partition coefficient (Wildman–Crippen LogP) is 3.20. The molecule has 0 unspecified atom stereocenters. The Morgan fingerprint density at radius 3 is 2.37 bits per heavy atom. The van der Waals surface area contributed by atoms with Crippen molar-refractivity contribution in [1.29, 1.82) is 0 Å². The van der Waals surface area contributed by atoms with Crippen LogP contribution in [0.25, 0.3) is 0 Å². The van der Waals surface area contributed by atoms with Crippen molar-refractivity contribution in [3.63, 3.8) is 0 Å². The summed E-state index contributed by atoms with van der Waals surface area (Å²) in [6.07, 6.45) is 7.06. The SMILES string of the molecule is CC(C)N(C(=O)c1cc(F)ccc1Oc1cncnc1N1CC2(CCN(CC3CCN(S(=O)(=O)N4CCOC5(CNC5)C4)CC3)CC2)C1)C(C)C. The summed E-state index contributed by atoms with van der Waals surface area (Å²) >= 11 is 0. The number of aromatic nitrogens is 2. The summed E-state index contributed by atoms with van der Waals surface area (Å²) in [5.74, 6) is 1.09. The number of anilines is 1. The second kappa shape index (κ2) is 14.5. The molecule has 0 atom stereocenters. The van der Waals surface area contributed by atoms with E-state index >= 15 is 0 Å². The summed E-state index contributed by atoms with van der Waals surface area (Å²) < 4.78 is 56.8. The largest absolute Gasteiger partial charge is 0.451 e. The molecule has 51 heavy (non-hydrogen) atoms. The third kappa shape index (κ3) is 7.47. The van der Waals surface area contributed by atoms with Gasteiger partial charge in [0.15, 0.2) is 11.6 Å². The van der Waals surface area contributed by atoms with Crippen LogP contribution in [0.15, 0.2) is 30.7 Å². The quantitative estimate of drug-likeness (QED) is 0.391. The fourth-order valence-corrected chi connectivity index (χ4v) is 10.3. The van der Waals surface area contributed by atoms with Crippen LogP contribution < -0.4 is 15.0 Å². The van der Waals surface area contributed by atoms with Gasteiger partial charge >= 0.3 is 0 Å². The van der Waals surface area contributed by atoms with Crippen LogP contribution in [0, 0.1) is 17.2 Å². The summed E-state index contributed by atoms with van der Waals surface area (Å²) in [6, 6.07) is 3.91. The molecule has 2 aromatic rings. The zero-order valence-corrected chi connectivity index (χ0v) is 31.2. The van der Waals surface area contributed by atoms with Crippen LogP contribution in [0.5, 0.6) is 11.5 Å². The van der Waals surface area contributed by atoms with Crippen LogP contribution in [-0.4, -0.2) is 139 Å². The molecule has 13 nitrogen and oxygen atoms in total. The number of morpholine rings is 1. The molecule has 2 spiro atoms. The first-order valence-corrected chi connectivity index (χ1v) is 19.9. The number of carbonyl (C=O) groups excluding carboxylic acids is 1. The fraction of sp³-hybridized carbons (Fsp3) is 0.694. The van der Waals surface area contributed by atoms with Gasteiger partial charge in [-0.25, -0.2) is 14.4 Å². The lowest BCUT2D eigenvalue weighted by molar-refractivity contribution is -0.119. The van der Waals surface area contributed by atoms with Crippen LogP contribution in [-0.2, 0) is 14.9 Å². The molecule has 0 radical (unpaired) electrons. The molecule has 280 valence electrons. The maximum absolute atomic E-state index is 14.4. The van der Waals surface area contributed by atoms with Crippen molar-refractivity contribution >= 4 is 21.9 Å². The molecule has 1 aromatic heterocycles. The number of likely N-dealkylation sites (tertiary alicyclic amines) is 1. The number of halogens is 1. The summed E-state index contributed by atoms with van der Waals surface area (Å²) in [5, 5.41) is 3.22. The van der Waals surface area contributed by atoms with E-state index in [0.29, 0.717) is 63.4 Å². The van der Waals surface area contributed by atoms with E-state index in [1.807, 2.05) is 27.7 Å². The Balaban J connectivity index is 0.909. The van der Waals surface area contributed by atoms with Gasteiger partial charge in [0.25, 0.3) is 16.1 Å². The number of amides is 1. The Labute approximate surface area is 301 Å². The first-order valence-electron chi connectivity index (χ1n) is 18.5. The van der Waals surface area contributed by atoms with Gasteiger partial charge in [-0.3, -0.25) is 4.79 Å². The van der Waals surface area contributed by atoms with Gasteiger partial charge in [0, 0.05) is 76.4 Å². The van der Waals surface area contributed by atoms with Crippen molar-refractivity contribution in [3.8, 4) is 11.5 Å². The lowest BCUT2D eigenvalue weighted by Crippen LogP contribution is -2.70. The summed E-state index contributed by atoms with van der Waals surface area (Å²) in [5.41, 5.74) is 0.0213. The van der Waals surface area contributed by atoms with Gasteiger partial charge in [-0.05, 0) is 90.6 Å². The number of benzene rings is 1. The van der Waals surface area contributed by atoms with Crippen molar-refractivity contribution in [1.82, 2.24) is 33.7 Å².